The highest BCUT2D eigenvalue weighted by Crippen LogP contribution is 2.26. The Balaban J connectivity index is 2.22. The molecule has 22 heavy (non-hydrogen) atoms. The first-order chi connectivity index (χ1) is 10.2. The molecule has 1 unspecified atom stereocenters. The van der Waals surface area contributed by atoms with Crippen LogP contribution < -0.4 is 5.56 Å². The fraction of sp³-hybridized carbons (Fsp3) is 0.429. The minimum atomic E-state index is -4.40. The molecule has 5 nitrogen and oxygen atoms in total. The van der Waals surface area contributed by atoms with Gasteiger partial charge in [-0.3, -0.25) is 9.59 Å². The van der Waals surface area contributed by atoms with Gasteiger partial charge in [0.15, 0.2) is 11.4 Å². The Hall–Kier alpha value is -2.09. The van der Waals surface area contributed by atoms with E-state index >= 15 is 0 Å². The number of alkyl halides is 3. The average molecular weight is 317 g/mol. The second-order valence-electron chi connectivity index (χ2n) is 5.09. The number of ketones is 1. The number of aliphatic hydroxyl groups is 1. The summed E-state index contributed by atoms with van der Waals surface area (Å²) in [6, 6.07) is 4.35. The predicted molar refractivity (Wildman–Crippen MR) is 71.6 cm³/mol. The summed E-state index contributed by atoms with van der Waals surface area (Å²) in [5.74, 6) is -1.67. The van der Waals surface area contributed by atoms with Gasteiger partial charge in [0.1, 0.15) is 0 Å². The molecule has 1 aromatic heterocycles. The third-order valence-electron chi connectivity index (χ3n) is 3.49. The molecule has 2 aromatic rings. The molecule has 2 N–H and O–H groups in total. The van der Waals surface area contributed by atoms with E-state index in [1.165, 1.54) is 25.1 Å². The topological polar surface area (TPSA) is 83.3 Å². The van der Waals surface area contributed by atoms with E-state index in [0.29, 0.717) is 0 Å². The van der Waals surface area contributed by atoms with E-state index in [4.69, 9.17) is 4.52 Å². The molecule has 0 saturated carbocycles. The Morgan fingerprint density at radius 1 is 1.41 bits per heavy atom. The van der Waals surface area contributed by atoms with E-state index in [9.17, 15) is 27.9 Å². The zero-order chi connectivity index (χ0) is 16.5. The Morgan fingerprint density at radius 3 is 2.73 bits per heavy atom. The van der Waals surface area contributed by atoms with Crippen LogP contribution in [0.5, 0.6) is 0 Å². The molecule has 1 aromatic carbocycles. The van der Waals surface area contributed by atoms with Crippen molar-refractivity contribution in [2.24, 2.45) is 5.92 Å². The lowest BCUT2D eigenvalue weighted by molar-refractivity contribution is -0.140. The quantitative estimate of drug-likeness (QED) is 0.830. The van der Waals surface area contributed by atoms with Gasteiger partial charge >= 0.3 is 6.18 Å². The minimum absolute atomic E-state index is 0.0195. The fourth-order valence-electron chi connectivity index (χ4n) is 2.19. The number of hydrogen-bond acceptors (Lipinski definition) is 4. The molecule has 0 radical (unpaired) electrons. The van der Waals surface area contributed by atoms with Gasteiger partial charge in [0.05, 0.1) is 11.5 Å². The van der Waals surface area contributed by atoms with Crippen molar-refractivity contribution < 1.29 is 27.6 Å². The fourth-order valence-corrected chi connectivity index (χ4v) is 2.19. The number of nitrogens with one attached hydrogen (secondary N) is 1. The average Bonchev–Trinajstić information content (AvgIpc) is 2.84. The van der Waals surface area contributed by atoms with Crippen LogP contribution in [0.15, 0.2) is 27.5 Å². The lowest BCUT2D eigenvalue weighted by atomic mass is 9.90. The van der Waals surface area contributed by atoms with Crippen LogP contribution in [0.2, 0.25) is 0 Å². The maximum atomic E-state index is 12.3. The predicted octanol–water partition coefficient (Wildman–Crippen LogP) is 2.64. The van der Waals surface area contributed by atoms with Gasteiger partial charge in [-0.1, -0.05) is 19.1 Å². The van der Waals surface area contributed by atoms with Gasteiger partial charge in [-0.25, -0.2) is 0 Å². The lowest BCUT2D eigenvalue weighted by Gasteiger charge is -2.18. The number of aliphatic hydroxyl groups excluding tert-OH is 1. The molecule has 0 saturated heterocycles. The first kappa shape index (κ1) is 16.3. The number of aromatic amines is 1. The van der Waals surface area contributed by atoms with Crippen molar-refractivity contribution >= 4 is 16.8 Å². The van der Waals surface area contributed by atoms with Gasteiger partial charge in [-0.05, 0) is 12.5 Å². The highest BCUT2D eigenvalue weighted by molar-refractivity contribution is 6.07. The molecular weight excluding hydrogens is 303 g/mol. The van der Waals surface area contributed by atoms with Crippen molar-refractivity contribution in [3.8, 4) is 0 Å². The third kappa shape index (κ3) is 3.38. The number of halogens is 3. The summed E-state index contributed by atoms with van der Waals surface area (Å²) in [6.07, 6.45) is -7.60. The van der Waals surface area contributed by atoms with Crippen molar-refractivity contribution in [3.05, 3.63) is 34.1 Å². The Labute approximate surface area is 122 Å². The molecule has 0 fully saturated rings. The number of carbonyl (C=O) groups excluding carboxylic acids is 1. The van der Waals surface area contributed by atoms with E-state index < -0.39 is 42.4 Å². The molecule has 0 bridgehead atoms. The molecule has 2 rings (SSSR count). The van der Waals surface area contributed by atoms with Crippen LogP contribution >= 0.6 is 0 Å². The number of rotatable bonds is 5. The molecule has 0 aliphatic rings. The van der Waals surface area contributed by atoms with E-state index in [0.717, 1.165) is 0 Å². The van der Waals surface area contributed by atoms with Gasteiger partial charge in [0.25, 0.3) is 5.56 Å². The maximum Gasteiger partial charge on any atom is 0.389 e. The number of H-pyrrole nitrogens is 1. The number of Topliss-reactive ketones (excluding diaryl/α,β-unsaturated/α-hetero) is 1. The largest absolute Gasteiger partial charge is 0.392 e. The Bertz CT molecular complexity index is 731. The first-order valence-corrected chi connectivity index (χ1v) is 6.60. The summed E-state index contributed by atoms with van der Waals surface area (Å²) in [5, 5.41) is 11.9. The van der Waals surface area contributed by atoms with Crippen LogP contribution in [0.1, 0.15) is 30.1 Å². The van der Waals surface area contributed by atoms with Crippen molar-refractivity contribution in [2.75, 3.05) is 0 Å². The third-order valence-corrected chi connectivity index (χ3v) is 3.49. The molecule has 0 amide bonds. The van der Waals surface area contributed by atoms with E-state index in [-0.39, 0.29) is 16.5 Å². The van der Waals surface area contributed by atoms with Gasteiger partial charge in [0.2, 0.25) is 0 Å². The first-order valence-electron chi connectivity index (χ1n) is 6.60. The zero-order valence-corrected chi connectivity index (χ0v) is 11.6. The van der Waals surface area contributed by atoms with Gasteiger partial charge < -0.3 is 9.63 Å². The molecule has 0 spiro atoms. The van der Waals surface area contributed by atoms with Crippen LogP contribution in [0.3, 0.4) is 0 Å². The van der Waals surface area contributed by atoms with Crippen molar-refractivity contribution in [1.29, 1.82) is 0 Å². The maximum absolute atomic E-state index is 12.3. The van der Waals surface area contributed by atoms with Crippen LogP contribution in [0.4, 0.5) is 13.2 Å². The SMILES string of the molecule is CC(C(=O)c1cccc2o[nH]c(=O)c12)[C@@H](O)CCC(F)(F)F. The minimum Gasteiger partial charge on any atom is -0.392 e. The number of carbonyl (C=O) groups is 1. The molecule has 1 heterocycles. The summed E-state index contributed by atoms with van der Waals surface area (Å²) in [7, 11) is 0. The van der Waals surface area contributed by atoms with E-state index in [2.05, 4.69) is 5.16 Å². The number of benzene rings is 1. The monoisotopic (exact) mass is 317 g/mol. The molecular formula is C14H14F3NO4. The number of fused-ring (bicyclic) bond motifs is 1. The summed E-state index contributed by atoms with van der Waals surface area (Å²) >= 11 is 0. The normalized spacial score (nSPS) is 15.0. The lowest BCUT2D eigenvalue weighted by Crippen LogP contribution is -2.28. The highest BCUT2D eigenvalue weighted by Gasteiger charge is 2.32. The van der Waals surface area contributed by atoms with Crippen LogP contribution in [0, 0.1) is 5.92 Å². The molecule has 8 heteroatoms. The van der Waals surface area contributed by atoms with Crippen molar-refractivity contribution in [2.45, 2.75) is 32.0 Å². The number of hydrogen-bond donors (Lipinski definition) is 2. The second kappa shape index (κ2) is 5.96. The van der Waals surface area contributed by atoms with Crippen molar-refractivity contribution in [1.82, 2.24) is 5.16 Å². The molecule has 0 aliphatic carbocycles. The smallest absolute Gasteiger partial charge is 0.389 e. The summed E-state index contributed by atoms with van der Waals surface area (Å²) < 4.78 is 41.4. The number of aromatic nitrogens is 1. The van der Waals surface area contributed by atoms with Crippen molar-refractivity contribution in [3.63, 3.8) is 0 Å². The van der Waals surface area contributed by atoms with E-state index in [1.54, 1.807) is 0 Å². The summed E-state index contributed by atoms with van der Waals surface area (Å²) in [6.45, 7) is 1.33. The van der Waals surface area contributed by atoms with Gasteiger partial charge in [-0.15, -0.1) is 0 Å². The van der Waals surface area contributed by atoms with Crippen LogP contribution in [0.25, 0.3) is 11.0 Å². The summed E-state index contributed by atoms with van der Waals surface area (Å²) in [5.41, 5.74) is -0.408. The summed E-state index contributed by atoms with van der Waals surface area (Å²) in [4.78, 5) is 24.0. The molecule has 120 valence electrons. The molecule has 2 atom stereocenters. The standard InChI is InChI=1S/C14H14F3NO4/c1-7(9(19)5-6-14(15,16)17)12(20)8-3-2-4-10-11(8)13(21)18-22-10/h2-4,7,9,19H,5-6H2,1H3,(H,18,21)/t7?,9-/m0/s1. The highest BCUT2D eigenvalue weighted by atomic mass is 19.4. The van der Waals surface area contributed by atoms with Gasteiger partial charge in [0, 0.05) is 17.9 Å². The van der Waals surface area contributed by atoms with Gasteiger partial charge in [-0.2, -0.15) is 18.3 Å². The Kier molecular flexibility index (Phi) is 4.41. The van der Waals surface area contributed by atoms with Crippen LogP contribution in [-0.4, -0.2) is 28.3 Å². The molecule has 0 aliphatic heterocycles. The Morgan fingerprint density at radius 2 is 2.09 bits per heavy atom. The van der Waals surface area contributed by atoms with Crippen LogP contribution in [-0.2, 0) is 0 Å². The zero-order valence-electron chi connectivity index (χ0n) is 11.6. The second-order valence-corrected chi connectivity index (χ2v) is 5.09. The van der Waals surface area contributed by atoms with E-state index in [1.807, 2.05) is 0 Å².